The molecule has 0 amide bonds. The maximum Gasteiger partial charge on any atom is 0.166 e. The maximum absolute atomic E-state index is 6.13. The molecule has 0 heterocycles. The summed E-state index contributed by atoms with van der Waals surface area (Å²) in [4.78, 5) is 0. The predicted molar refractivity (Wildman–Crippen MR) is 93.0 cm³/mol. The van der Waals surface area contributed by atoms with Gasteiger partial charge in [-0.25, -0.2) is 0 Å². The van der Waals surface area contributed by atoms with Crippen molar-refractivity contribution in [2.24, 2.45) is 0 Å². The van der Waals surface area contributed by atoms with E-state index in [0.717, 1.165) is 11.3 Å². The molecular weight excluding hydrogens is 345 g/mol. The smallest absolute Gasteiger partial charge is 0.166 e. The van der Waals surface area contributed by atoms with E-state index in [1.165, 1.54) is 0 Å². The Morgan fingerprint density at radius 3 is 2.18 bits per heavy atom. The minimum absolute atomic E-state index is 0.503. The van der Waals surface area contributed by atoms with Crippen molar-refractivity contribution in [1.82, 2.24) is 0 Å². The molecule has 2 aromatic rings. The maximum atomic E-state index is 6.13. The van der Waals surface area contributed by atoms with Crippen LogP contribution in [0.4, 0.5) is 5.69 Å². The fourth-order valence-corrected chi connectivity index (χ4v) is 2.82. The van der Waals surface area contributed by atoms with Crippen LogP contribution in [0.15, 0.2) is 30.3 Å². The zero-order chi connectivity index (χ0) is 16.1. The summed E-state index contributed by atoms with van der Waals surface area (Å²) in [5, 5.41) is 4.99. The minimum atomic E-state index is 0.503. The van der Waals surface area contributed by atoms with Crippen LogP contribution in [0.2, 0.25) is 15.1 Å². The molecule has 0 bridgehead atoms. The topological polar surface area (TPSA) is 30.5 Å². The van der Waals surface area contributed by atoms with E-state index in [4.69, 9.17) is 44.3 Å². The summed E-state index contributed by atoms with van der Waals surface area (Å²) in [5.41, 5.74) is 1.71. The lowest BCUT2D eigenvalue weighted by Gasteiger charge is -2.16. The van der Waals surface area contributed by atoms with Gasteiger partial charge in [-0.3, -0.25) is 0 Å². The Labute approximate surface area is 145 Å². The lowest BCUT2D eigenvalue weighted by Crippen LogP contribution is -2.05. The second kappa shape index (κ2) is 7.82. The van der Waals surface area contributed by atoms with E-state index in [1.54, 1.807) is 31.4 Å². The summed E-state index contributed by atoms with van der Waals surface area (Å²) in [6.45, 7) is 2.96. The largest absolute Gasteiger partial charge is 0.493 e. The Morgan fingerprint density at radius 1 is 0.955 bits per heavy atom. The number of nitrogens with one attached hydrogen (secondary N) is 1. The lowest BCUT2D eigenvalue weighted by molar-refractivity contribution is 0.308. The number of anilines is 1. The Kier molecular flexibility index (Phi) is 6.07. The van der Waals surface area contributed by atoms with E-state index in [-0.39, 0.29) is 0 Å². The number of halogens is 3. The van der Waals surface area contributed by atoms with Gasteiger partial charge in [0, 0.05) is 38.9 Å². The molecule has 0 aliphatic carbocycles. The monoisotopic (exact) mass is 359 g/mol. The van der Waals surface area contributed by atoms with Gasteiger partial charge in [0.15, 0.2) is 11.5 Å². The van der Waals surface area contributed by atoms with Crippen molar-refractivity contribution >= 4 is 40.5 Å². The quantitative estimate of drug-likeness (QED) is 0.720. The molecule has 3 nitrogen and oxygen atoms in total. The molecular formula is C16H16Cl3NO2. The highest BCUT2D eigenvalue weighted by atomic mass is 35.5. The van der Waals surface area contributed by atoms with Crippen molar-refractivity contribution in [1.29, 1.82) is 0 Å². The van der Waals surface area contributed by atoms with Crippen LogP contribution in [-0.4, -0.2) is 13.7 Å². The zero-order valence-electron chi connectivity index (χ0n) is 12.3. The summed E-state index contributed by atoms with van der Waals surface area (Å²) in [6.07, 6.45) is 0. The van der Waals surface area contributed by atoms with Crippen molar-refractivity contribution in [3.05, 3.63) is 51.0 Å². The Hall–Kier alpha value is -1.29. The van der Waals surface area contributed by atoms with Gasteiger partial charge in [0.25, 0.3) is 0 Å². The normalized spacial score (nSPS) is 10.4. The van der Waals surface area contributed by atoms with Crippen molar-refractivity contribution in [2.75, 3.05) is 19.0 Å². The van der Waals surface area contributed by atoms with E-state index in [2.05, 4.69) is 5.32 Å². The first-order valence-corrected chi connectivity index (χ1v) is 7.86. The lowest BCUT2D eigenvalue weighted by atomic mass is 10.1. The molecule has 1 N–H and O–H groups in total. The van der Waals surface area contributed by atoms with Crippen LogP contribution in [0.1, 0.15) is 12.5 Å². The molecule has 0 saturated carbocycles. The second-order valence-electron chi connectivity index (χ2n) is 4.54. The molecule has 0 atom stereocenters. The van der Waals surface area contributed by atoms with E-state index in [1.807, 2.05) is 13.0 Å². The summed E-state index contributed by atoms with van der Waals surface area (Å²) in [7, 11) is 1.59. The van der Waals surface area contributed by atoms with E-state index < -0.39 is 0 Å². The first-order valence-electron chi connectivity index (χ1n) is 6.72. The predicted octanol–water partition coefficient (Wildman–Crippen LogP) is 5.67. The molecule has 118 valence electrons. The number of benzene rings is 2. The molecule has 0 saturated heterocycles. The van der Waals surface area contributed by atoms with Crippen molar-refractivity contribution < 1.29 is 9.47 Å². The molecule has 0 aliphatic heterocycles. The van der Waals surface area contributed by atoms with Crippen LogP contribution >= 0.6 is 34.8 Å². The number of methoxy groups -OCH3 is 1. The zero-order valence-corrected chi connectivity index (χ0v) is 14.5. The van der Waals surface area contributed by atoms with Crippen molar-refractivity contribution in [2.45, 2.75) is 13.5 Å². The third-order valence-electron chi connectivity index (χ3n) is 2.95. The SMILES string of the molecule is CCOc1c(CNc2cc(Cl)cc(Cl)c2)cc(Cl)cc1OC. The fourth-order valence-electron chi connectivity index (χ4n) is 2.07. The van der Waals surface area contributed by atoms with Gasteiger partial charge < -0.3 is 14.8 Å². The summed E-state index contributed by atoms with van der Waals surface area (Å²) in [5.74, 6) is 1.28. The standard InChI is InChI=1S/C16H16Cl3NO2/c1-3-22-16-10(4-11(17)8-15(16)21-2)9-20-14-6-12(18)5-13(19)7-14/h4-8,20H,3,9H2,1-2H3. The van der Waals surface area contributed by atoms with Gasteiger partial charge in [-0.15, -0.1) is 0 Å². The molecule has 0 radical (unpaired) electrons. The first kappa shape index (κ1) is 17.1. The van der Waals surface area contributed by atoms with E-state index in [9.17, 15) is 0 Å². The van der Waals surface area contributed by atoms with Gasteiger partial charge in [-0.05, 0) is 31.2 Å². The molecule has 2 aromatic carbocycles. The van der Waals surface area contributed by atoms with Gasteiger partial charge in [-0.2, -0.15) is 0 Å². The van der Waals surface area contributed by atoms with E-state index >= 15 is 0 Å². The number of ether oxygens (including phenoxy) is 2. The van der Waals surface area contributed by atoms with Gasteiger partial charge in [0.1, 0.15) is 0 Å². The fraction of sp³-hybridized carbons (Fsp3) is 0.250. The molecule has 0 aliphatic rings. The summed E-state index contributed by atoms with van der Waals surface area (Å²) < 4.78 is 11.0. The van der Waals surface area contributed by atoms with Crippen LogP contribution in [0.25, 0.3) is 0 Å². The highest BCUT2D eigenvalue weighted by molar-refractivity contribution is 6.35. The Balaban J connectivity index is 2.26. The first-order chi connectivity index (χ1) is 10.5. The van der Waals surface area contributed by atoms with Gasteiger partial charge in [0.05, 0.1) is 13.7 Å². The molecule has 6 heteroatoms. The van der Waals surface area contributed by atoms with Crippen LogP contribution < -0.4 is 14.8 Å². The molecule has 2 rings (SSSR count). The van der Waals surface area contributed by atoms with Crippen LogP contribution in [-0.2, 0) is 6.54 Å². The highest BCUT2D eigenvalue weighted by Crippen LogP contribution is 2.35. The Morgan fingerprint density at radius 2 is 1.59 bits per heavy atom. The van der Waals surface area contributed by atoms with Crippen LogP contribution in [0.3, 0.4) is 0 Å². The second-order valence-corrected chi connectivity index (χ2v) is 5.85. The molecule has 0 aromatic heterocycles. The number of hydrogen-bond acceptors (Lipinski definition) is 3. The van der Waals surface area contributed by atoms with Gasteiger partial charge in [-0.1, -0.05) is 34.8 Å². The molecule has 0 unspecified atom stereocenters. The highest BCUT2D eigenvalue weighted by Gasteiger charge is 2.12. The van der Waals surface area contributed by atoms with Crippen molar-refractivity contribution in [3.8, 4) is 11.5 Å². The number of hydrogen-bond donors (Lipinski definition) is 1. The van der Waals surface area contributed by atoms with E-state index in [0.29, 0.717) is 39.7 Å². The van der Waals surface area contributed by atoms with Crippen LogP contribution in [0, 0.1) is 0 Å². The molecule has 22 heavy (non-hydrogen) atoms. The Bertz CT molecular complexity index is 642. The van der Waals surface area contributed by atoms with Gasteiger partial charge >= 0.3 is 0 Å². The van der Waals surface area contributed by atoms with Gasteiger partial charge in [0.2, 0.25) is 0 Å². The van der Waals surface area contributed by atoms with Crippen molar-refractivity contribution in [3.63, 3.8) is 0 Å². The summed E-state index contributed by atoms with van der Waals surface area (Å²) in [6, 6.07) is 8.86. The minimum Gasteiger partial charge on any atom is -0.493 e. The molecule has 0 fully saturated rings. The van der Waals surface area contributed by atoms with Crippen LogP contribution in [0.5, 0.6) is 11.5 Å². The molecule has 0 spiro atoms. The third kappa shape index (κ3) is 4.35. The number of rotatable bonds is 6. The average molecular weight is 361 g/mol. The summed E-state index contributed by atoms with van der Waals surface area (Å²) >= 11 is 18.1. The average Bonchev–Trinajstić information content (AvgIpc) is 2.46. The third-order valence-corrected chi connectivity index (χ3v) is 3.61.